The van der Waals surface area contributed by atoms with Crippen LogP contribution in [0, 0.1) is 0 Å². The van der Waals surface area contributed by atoms with Crippen molar-refractivity contribution in [1.29, 1.82) is 0 Å². The maximum atomic E-state index is 5.92. The van der Waals surface area contributed by atoms with E-state index < -0.39 is 0 Å². The molecular weight excluding hydrogens is 272 g/mol. The first-order valence-electron chi connectivity index (χ1n) is 6.83. The Hall–Kier alpha value is -1.23. The van der Waals surface area contributed by atoms with Crippen LogP contribution >= 0.6 is 11.8 Å². The van der Waals surface area contributed by atoms with Crippen molar-refractivity contribution in [2.45, 2.75) is 26.6 Å². The minimum atomic E-state index is -0.260. The average molecular weight is 292 g/mol. The summed E-state index contributed by atoms with van der Waals surface area (Å²) in [5.74, 6) is 0.836. The van der Waals surface area contributed by atoms with Gasteiger partial charge in [0.05, 0.1) is 13.2 Å². The Morgan fingerprint density at radius 2 is 2.00 bits per heavy atom. The minimum Gasteiger partial charge on any atom is -0.451 e. The van der Waals surface area contributed by atoms with Gasteiger partial charge in [-0.1, -0.05) is 43.0 Å². The lowest BCUT2D eigenvalue weighted by atomic mass is 10.3. The number of para-hydroxylation sites is 1. The van der Waals surface area contributed by atoms with Gasteiger partial charge in [0.1, 0.15) is 5.75 Å². The van der Waals surface area contributed by atoms with E-state index in [-0.39, 0.29) is 6.29 Å². The molecule has 1 saturated heterocycles. The van der Waals surface area contributed by atoms with Gasteiger partial charge < -0.3 is 14.2 Å². The van der Waals surface area contributed by atoms with Crippen molar-refractivity contribution in [3.05, 3.63) is 52.5 Å². The lowest BCUT2D eigenvalue weighted by Gasteiger charge is -2.15. The van der Waals surface area contributed by atoms with E-state index in [1.165, 1.54) is 0 Å². The largest absolute Gasteiger partial charge is 0.451 e. The highest BCUT2D eigenvalue weighted by Gasteiger charge is 2.22. The number of benzene rings is 1. The summed E-state index contributed by atoms with van der Waals surface area (Å²) in [7, 11) is 0. The third kappa shape index (κ3) is 4.40. The third-order valence-electron chi connectivity index (χ3n) is 2.69. The van der Waals surface area contributed by atoms with Gasteiger partial charge in [-0.3, -0.25) is 0 Å². The predicted molar refractivity (Wildman–Crippen MR) is 82.5 cm³/mol. The summed E-state index contributed by atoms with van der Waals surface area (Å²) in [6.45, 7) is 5.37. The highest BCUT2D eigenvalue weighted by molar-refractivity contribution is 8.06. The van der Waals surface area contributed by atoms with E-state index in [1.807, 2.05) is 43.3 Å². The number of rotatable bonds is 6. The van der Waals surface area contributed by atoms with Gasteiger partial charge in [0.15, 0.2) is 11.4 Å². The van der Waals surface area contributed by atoms with Crippen LogP contribution in [0.4, 0.5) is 0 Å². The van der Waals surface area contributed by atoms with E-state index in [4.69, 9.17) is 14.2 Å². The molecule has 108 valence electrons. The first kappa shape index (κ1) is 15.2. The van der Waals surface area contributed by atoms with Crippen LogP contribution in [0.15, 0.2) is 52.5 Å². The summed E-state index contributed by atoms with van der Waals surface area (Å²) in [5, 5.41) is 0.853. The molecule has 0 radical (unpaired) electrons. The normalized spacial score (nSPS) is 17.5. The zero-order chi connectivity index (χ0) is 14.2. The SMILES string of the molecule is C/C=C(\S/C(=C/CC)Oc1ccccc1)C1OCCO1. The van der Waals surface area contributed by atoms with Crippen LogP contribution in [0.1, 0.15) is 20.3 Å². The monoisotopic (exact) mass is 292 g/mol. The number of hydrogen-bond acceptors (Lipinski definition) is 4. The Labute approximate surface area is 124 Å². The molecule has 2 rings (SSSR count). The Kier molecular flexibility index (Phi) is 6.18. The van der Waals surface area contributed by atoms with Crippen molar-refractivity contribution >= 4 is 11.8 Å². The molecule has 20 heavy (non-hydrogen) atoms. The molecule has 1 aliphatic heterocycles. The first-order valence-corrected chi connectivity index (χ1v) is 7.65. The van der Waals surface area contributed by atoms with E-state index >= 15 is 0 Å². The second-order valence-corrected chi connectivity index (χ2v) is 5.29. The van der Waals surface area contributed by atoms with E-state index in [0.717, 1.165) is 22.2 Å². The molecule has 4 heteroatoms. The standard InChI is InChI=1S/C16H20O3S/c1-3-8-15(19-13-9-6-5-7-10-13)20-14(4-2)16-17-11-12-18-16/h4-10,16H,3,11-12H2,1-2H3/b14-4-,15-8+. The van der Waals surface area contributed by atoms with Gasteiger partial charge in [0.25, 0.3) is 0 Å². The van der Waals surface area contributed by atoms with Crippen LogP contribution < -0.4 is 4.74 Å². The summed E-state index contributed by atoms with van der Waals surface area (Å²) >= 11 is 1.56. The number of hydrogen-bond donors (Lipinski definition) is 0. The molecule has 1 aromatic rings. The molecule has 1 aliphatic rings. The molecule has 0 aliphatic carbocycles. The van der Waals surface area contributed by atoms with Crippen molar-refractivity contribution < 1.29 is 14.2 Å². The van der Waals surface area contributed by atoms with Crippen LogP contribution in [-0.2, 0) is 9.47 Å². The van der Waals surface area contributed by atoms with Gasteiger partial charge in [-0.25, -0.2) is 0 Å². The second kappa shape index (κ2) is 8.15. The maximum Gasteiger partial charge on any atom is 0.190 e. The Morgan fingerprint density at radius 3 is 2.60 bits per heavy atom. The van der Waals surface area contributed by atoms with Crippen LogP contribution in [0.2, 0.25) is 0 Å². The van der Waals surface area contributed by atoms with Crippen LogP contribution in [0.25, 0.3) is 0 Å². The van der Waals surface area contributed by atoms with E-state index in [0.29, 0.717) is 13.2 Å². The summed E-state index contributed by atoms with van der Waals surface area (Å²) in [6.07, 6.45) is 4.73. The van der Waals surface area contributed by atoms with Gasteiger partial charge >= 0.3 is 0 Å². The Bertz CT molecular complexity index is 462. The Morgan fingerprint density at radius 1 is 1.30 bits per heavy atom. The number of ether oxygens (including phenoxy) is 3. The lowest BCUT2D eigenvalue weighted by Crippen LogP contribution is -2.09. The Balaban J connectivity index is 2.03. The zero-order valence-corrected chi connectivity index (χ0v) is 12.7. The van der Waals surface area contributed by atoms with Crippen LogP contribution in [0.5, 0.6) is 5.75 Å². The molecule has 0 aromatic heterocycles. The molecule has 0 spiro atoms. The molecule has 0 saturated carbocycles. The van der Waals surface area contributed by atoms with Crippen molar-refractivity contribution in [2.24, 2.45) is 0 Å². The lowest BCUT2D eigenvalue weighted by molar-refractivity contribution is -0.00467. The quantitative estimate of drug-likeness (QED) is 0.730. The van der Waals surface area contributed by atoms with Crippen molar-refractivity contribution in [3.63, 3.8) is 0 Å². The average Bonchev–Trinajstić information content (AvgIpc) is 3.00. The van der Waals surface area contributed by atoms with Crippen molar-refractivity contribution in [3.8, 4) is 5.75 Å². The zero-order valence-electron chi connectivity index (χ0n) is 11.9. The molecule has 0 N–H and O–H groups in total. The van der Waals surface area contributed by atoms with Gasteiger partial charge in [-0.15, -0.1) is 0 Å². The van der Waals surface area contributed by atoms with Crippen molar-refractivity contribution in [1.82, 2.24) is 0 Å². The second-order valence-electron chi connectivity index (χ2n) is 4.21. The molecule has 3 nitrogen and oxygen atoms in total. The van der Waals surface area contributed by atoms with E-state index in [9.17, 15) is 0 Å². The fourth-order valence-corrected chi connectivity index (χ4v) is 2.73. The summed E-state index contributed by atoms with van der Waals surface area (Å²) in [4.78, 5) is 1.03. The van der Waals surface area contributed by atoms with E-state index in [1.54, 1.807) is 11.8 Å². The topological polar surface area (TPSA) is 27.7 Å². The number of allylic oxidation sites excluding steroid dienone is 2. The van der Waals surface area contributed by atoms with Crippen molar-refractivity contribution in [2.75, 3.05) is 13.2 Å². The third-order valence-corrected chi connectivity index (χ3v) is 3.80. The molecule has 1 heterocycles. The fraction of sp³-hybridized carbons (Fsp3) is 0.375. The smallest absolute Gasteiger partial charge is 0.190 e. The van der Waals surface area contributed by atoms with Crippen LogP contribution in [-0.4, -0.2) is 19.5 Å². The van der Waals surface area contributed by atoms with Gasteiger partial charge in [0.2, 0.25) is 0 Å². The first-order chi connectivity index (χ1) is 9.83. The minimum absolute atomic E-state index is 0.260. The molecule has 1 fully saturated rings. The molecule has 0 amide bonds. The molecule has 0 unspecified atom stereocenters. The maximum absolute atomic E-state index is 5.92. The van der Waals surface area contributed by atoms with Gasteiger partial charge in [0, 0.05) is 4.91 Å². The molecule has 0 bridgehead atoms. The van der Waals surface area contributed by atoms with Gasteiger partial charge in [-0.2, -0.15) is 0 Å². The predicted octanol–water partition coefficient (Wildman–Crippen LogP) is 4.33. The summed E-state index contributed by atoms with van der Waals surface area (Å²) in [6, 6.07) is 9.79. The van der Waals surface area contributed by atoms with Crippen LogP contribution in [0.3, 0.4) is 0 Å². The fourth-order valence-electron chi connectivity index (χ4n) is 1.76. The molecular formula is C16H20O3S. The van der Waals surface area contributed by atoms with E-state index in [2.05, 4.69) is 13.0 Å². The number of thioether (sulfide) groups is 1. The summed E-state index contributed by atoms with van der Waals surface area (Å²) in [5.41, 5.74) is 0. The summed E-state index contributed by atoms with van der Waals surface area (Å²) < 4.78 is 17.0. The highest BCUT2D eigenvalue weighted by atomic mass is 32.2. The van der Waals surface area contributed by atoms with Gasteiger partial charge in [-0.05, 0) is 31.6 Å². The highest BCUT2D eigenvalue weighted by Crippen LogP contribution is 2.33. The molecule has 1 aromatic carbocycles. The molecule has 0 atom stereocenters.